The van der Waals surface area contributed by atoms with Crippen molar-refractivity contribution in [1.29, 1.82) is 0 Å². The molecule has 0 aliphatic heterocycles. The maximum absolute atomic E-state index is 12.5. The Balaban J connectivity index is 2.09. The van der Waals surface area contributed by atoms with Crippen LogP contribution in [0.15, 0.2) is 48.5 Å². The first kappa shape index (κ1) is 17.5. The first-order valence-corrected chi connectivity index (χ1v) is 7.91. The van der Waals surface area contributed by atoms with Crippen molar-refractivity contribution in [3.05, 3.63) is 65.2 Å². The number of ether oxygens (including phenoxy) is 1. The molecule has 3 N–H and O–H groups in total. The second-order valence-corrected chi connectivity index (χ2v) is 5.54. The van der Waals surface area contributed by atoms with Gasteiger partial charge in [0.25, 0.3) is 11.8 Å². The summed E-state index contributed by atoms with van der Waals surface area (Å²) in [6.07, 6.45) is 0.978. The van der Waals surface area contributed by atoms with Crippen LogP contribution in [-0.2, 0) is 11.2 Å². The Kier molecular flexibility index (Phi) is 5.95. The number of hydrogen-bond acceptors (Lipinski definition) is 3. The highest BCUT2D eigenvalue weighted by Gasteiger charge is 2.16. The molecule has 5 nitrogen and oxygen atoms in total. The van der Waals surface area contributed by atoms with Crippen molar-refractivity contribution in [2.75, 3.05) is 6.61 Å². The van der Waals surface area contributed by atoms with Crippen molar-refractivity contribution in [3.8, 4) is 5.75 Å². The van der Waals surface area contributed by atoms with Gasteiger partial charge in [0.15, 0.2) is 6.61 Å². The van der Waals surface area contributed by atoms with E-state index in [4.69, 9.17) is 10.5 Å². The summed E-state index contributed by atoms with van der Waals surface area (Å²) in [5.41, 5.74) is 7.73. The molecule has 2 aromatic carbocycles. The molecular formula is C19H22N2O3. The maximum Gasteiger partial charge on any atom is 0.255 e. The zero-order valence-corrected chi connectivity index (χ0v) is 13.9. The summed E-state index contributed by atoms with van der Waals surface area (Å²) in [5.74, 6) is -0.515. The van der Waals surface area contributed by atoms with Gasteiger partial charge in [-0.25, -0.2) is 0 Å². The minimum absolute atomic E-state index is 0.146. The van der Waals surface area contributed by atoms with E-state index < -0.39 is 5.91 Å². The quantitative estimate of drug-likeness (QED) is 0.820. The smallest absolute Gasteiger partial charge is 0.255 e. The second kappa shape index (κ2) is 8.15. The predicted molar refractivity (Wildman–Crippen MR) is 92.8 cm³/mol. The van der Waals surface area contributed by atoms with E-state index in [9.17, 15) is 9.59 Å². The zero-order valence-electron chi connectivity index (χ0n) is 13.9. The molecule has 0 saturated carbocycles. The van der Waals surface area contributed by atoms with E-state index in [1.165, 1.54) is 5.56 Å². The Hall–Kier alpha value is -2.82. The fraction of sp³-hybridized carbons (Fsp3) is 0.263. The summed E-state index contributed by atoms with van der Waals surface area (Å²) in [7, 11) is 0. The maximum atomic E-state index is 12.5. The standard InChI is InChI=1S/C19H22N2O3/c1-3-14-8-10-15(11-9-14)13(2)21-19(23)16-6-4-5-7-17(16)24-12-18(20)22/h4-11,13H,3,12H2,1-2H3,(H2,20,22)(H,21,23). The molecule has 0 aromatic heterocycles. The lowest BCUT2D eigenvalue weighted by Crippen LogP contribution is -2.28. The molecule has 0 aliphatic carbocycles. The molecule has 2 aromatic rings. The van der Waals surface area contributed by atoms with Crippen molar-refractivity contribution >= 4 is 11.8 Å². The summed E-state index contributed by atoms with van der Waals surface area (Å²) in [4.78, 5) is 23.4. The lowest BCUT2D eigenvalue weighted by molar-refractivity contribution is -0.119. The number of hydrogen-bond donors (Lipinski definition) is 2. The van der Waals surface area contributed by atoms with Crippen LogP contribution >= 0.6 is 0 Å². The van der Waals surface area contributed by atoms with Crippen LogP contribution in [0, 0.1) is 0 Å². The van der Waals surface area contributed by atoms with Crippen LogP contribution in [0.3, 0.4) is 0 Å². The number of aryl methyl sites for hydroxylation is 1. The van der Waals surface area contributed by atoms with E-state index in [0.717, 1.165) is 12.0 Å². The van der Waals surface area contributed by atoms with Gasteiger partial charge in [-0.05, 0) is 36.6 Å². The van der Waals surface area contributed by atoms with Crippen LogP contribution in [0.25, 0.3) is 0 Å². The van der Waals surface area contributed by atoms with E-state index in [0.29, 0.717) is 11.3 Å². The lowest BCUT2D eigenvalue weighted by Gasteiger charge is -2.16. The number of nitrogens with one attached hydrogen (secondary N) is 1. The highest BCUT2D eigenvalue weighted by Crippen LogP contribution is 2.20. The molecule has 24 heavy (non-hydrogen) atoms. The Morgan fingerprint density at radius 3 is 2.42 bits per heavy atom. The number of primary amides is 1. The Morgan fingerprint density at radius 2 is 1.79 bits per heavy atom. The Bertz CT molecular complexity index is 711. The summed E-state index contributed by atoms with van der Waals surface area (Å²) >= 11 is 0. The number of rotatable bonds is 7. The summed E-state index contributed by atoms with van der Waals surface area (Å²) in [6, 6.07) is 14.8. The highest BCUT2D eigenvalue weighted by atomic mass is 16.5. The third-order valence-corrected chi connectivity index (χ3v) is 3.74. The predicted octanol–water partition coefficient (Wildman–Crippen LogP) is 2.60. The van der Waals surface area contributed by atoms with E-state index >= 15 is 0 Å². The van der Waals surface area contributed by atoms with E-state index in [1.807, 2.05) is 19.1 Å². The van der Waals surface area contributed by atoms with Gasteiger partial charge in [-0.1, -0.05) is 43.3 Å². The summed E-state index contributed by atoms with van der Waals surface area (Å²) < 4.78 is 5.30. The van der Waals surface area contributed by atoms with E-state index in [2.05, 4.69) is 24.4 Å². The van der Waals surface area contributed by atoms with Gasteiger partial charge >= 0.3 is 0 Å². The van der Waals surface area contributed by atoms with Gasteiger partial charge < -0.3 is 15.8 Å². The molecular weight excluding hydrogens is 304 g/mol. The summed E-state index contributed by atoms with van der Waals surface area (Å²) in [6.45, 7) is 3.76. The van der Waals surface area contributed by atoms with Crippen molar-refractivity contribution in [2.24, 2.45) is 5.73 Å². The topological polar surface area (TPSA) is 81.4 Å². The average molecular weight is 326 g/mol. The molecule has 0 heterocycles. The first-order valence-electron chi connectivity index (χ1n) is 7.91. The van der Waals surface area contributed by atoms with Gasteiger partial charge in [-0.2, -0.15) is 0 Å². The van der Waals surface area contributed by atoms with Crippen LogP contribution in [0.2, 0.25) is 0 Å². The number of carbonyl (C=O) groups excluding carboxylic acids is 2. The Morgan fingerprint density at radius 1 is 1.12 bits per heavy atom. The van der Waals surface area contributed by atoms with Gasteiger partial charge in [0, 0.05) is 0 Å². The van der Waals surface area contributed by atoms with Crippen LogP contribution in [0.1, 0.15) is 41.4 Å². The molecule has 5 heteroatoms. The van der Waals surface area contributed by atoms with E-state index in [-0.39, 0.29) is 18.6 Å². The fourth-order valence-electron chi connectivity index (χ4n) is 2.33. The number of amides is 2. The molecule has 2 rings (SSSR count). The molecule has 0 bridgehead atoms. The minimum Gasteiger partial charge on any atom is -0.483 e. The molecule has 126 valence electrons. The van der Waals surface area contributed by atoms with Gasteiger partial charge in [-0.3, -0.25) is 9.59 Å². The zero-order chi connectivity index (χ0) is 17.5. The lowest BCUT2D eigenvalue weighted by atomic mass is 10.0. The number of nitrogens with two attached hydrogens (primary N) is 1. The van der Waals surface area contributed by atoms with Gasteiger partial charge in [-0.15, -0.1) is 0 Å². The SMILES string of the molecule is CCc1ccc(C(C)NC(=O)c2ccccc2OCC(N)=O)cc1. The molecule has 0 fully saturated rings. The number of para-hydroxylation sites is 1. The van der Waals surface area contributed by atoms with E-state index in [1.54, 1.807) is 24.3 Å². The van der Waals surface area contributed by atoms with Crippen molar-refractivity contribution < 1.29 is 14.3 Å². The number of carbonyl (C=O) groups is 2. The average Bonchev–Trinajstić information content (AvgIpc) is 2.60. The largest absolute Gasteiger partial charge is 0.483 e. The summed E-state index contributed by atoms with van der Waals surface area (Å²) in [5, 5.41) is 2.94. The van der Waals surface area contributed by atoms with Crippen LogP contribution in [-0.4, -0.2) is 18.4 Å². The normalized spacial score (nSPS) is 11.6. The van der Waals surface area contributed by atoms with Crippen LogP contribution < -0.4 is 15.8 Å². The Labute approximate surface area is 141 Å². The molecule has 0 spiro atoms. The molecule has 2 amide bonds. The molecule has 0 radical (unpaired) electrons. The van der Waals surface area contributed by atoms with Crippen molar-refractivity contribution in [2.45, 2.75) is 26.3 Å². The number of benzene rings is 2. The highest BCUT2D eigenvalue weighted by molar-refractivity contribution is 5.97. The third-order valence-electron chi connectivity index (χ3n) is 3.74. The molecule has 1 atom stereocenters. The monoisotopic (exact) mass is 326 g/mol. The molecule has 0 aliphatic rings. The van der Waals surface area contributed by atoms with Gasteiger partial charge in [0.2, 0.25) is 0 Å². The molecule has 1 unspecified atom stereocenters. The van der Waals surface area contributed by atoms with Crippen LogP contribution in [0.5, 0.6) is 5.75 Å². The van der Waals surface area contributed by atoms with Crippen molar-refractivity contribution in [3.63, 3.8) is 0 Å². The minimum atomic E-state index is -0.588. The second-order valence-electron chi connectivity index (χ2n) is 5.54. The fourth-order valence-corrected chi connectivity index (χ4v) is 2.33. The van der Waals surface area contributed by atoms with Gasteiger partial charge in [0.1, 0.15) is 5.75 Å². The third kappa shape index (κ3) is 4.59. The first-order chi connectivity index (χ1) is 11.5. The van der Waals surface area contributed by atoms with Gasteiger partial charge in [0.05, 0.1) is 11.6 Å². The van der Waals surface area contributed by atoms with Crippen molar-refractivity contribution in [1.82, 2.24) is 5.32 Å². The van der Waals surface area contributed by atoms with Crippen LogP contribution in [0.4, 0.5) is 0 Å². The molecule has 0 saturated heterocycles.